The van der Waals surface area contributed by atoms with E-state index >= 15 is 0 Å². The van der Waals surface area contributed by atoms with Crippen LogP contribution in [0.1, 0.15) is 36.4 Å². The Balaban J connectivity index is 1.30. The van der Waals surface area contributed by atoms with Crippen LogP contribution < -0.4 is 4.74 Å². The zero-order valence-corrected chi connectivity index (χ0v) is 23.9. The van der Waals surface area contributed by atoms with Crippen molar-refractivity contribution in [2.75, 3.05) is 6.61 Å². The number of carbonyl (C=O) groups is 1. The van der Waals surface area contributed by atoms with E-state index in [1.807, 2.05) is 60.7 Å². The molecule has 1 aliphatic heterocycles. The SMILES string of the molecule is O=C(COc1ccc2ccccc2c1)N1N=C2/C(=C\c3ccc(Br)cc3)CCC[C@H]2[C@@H]1c1ccc(Br)cc1. The van der Waals surface area contributed by atoms with Crippen molar-refractivity contribution in [3.63, 3.8) is 0 Å². The molecule has 1 heterocycles. The molecular weight excluding hydrogens is 604 g/mol. The van der Waals surface area contributed by atoms with E-state index in [1.54, 1.807) is 5.01 Å². The second-order valence-corrected chi connectivity index (χ2v) is 11.6. The highest BCUT2D eigenvalue weighted by molar-refractivity contribution is 9.10. The maximum Gasteiger partial charge on any atom is 0.281 e. The van der Waals surface area contributed by atoms with Crippen LogP contribution in [-0.4, -0.2) is 23.2 Å². The molecule has 1 saturated carbocycles. The van der Waals surface area contributed by atoms with Crippen LogP contribution in [0.25, 0.3) is 16.8 Å². The predicted molar refractivity (Wildman–Crippen MR) is 160 cm³/mol. The molecule has 0 unspecified atom stereocenters. The monoisotopic (exact) mass is 628 g/mol. The van der Waals surface area contributed by atoms with Gasteiger partial charge in [-0.05, 0) is 89.2 Å². The number of benzene rings is 4. The first-order chi connectivity index (χ1) is 18.5. The summed E-state index contributed by atoms with van der Waals surface area (Å²) >= 11 is 7.06. The lowest BCUT2D eigenvalue weighted by Gasteiger charge is -2.29. The second kappa shape index (κ2) is 10.9. The molecule has 38 heavy (non-hydrogen) atoms. The van der Waals surface area contributed by atoms with E-state index in [4.69, 9.17) is 9.84 Å². The molecule has 0 aromatic heterocycles. The average Bonchev–Trinajstić information content (AvgIpc) is 3.34. The van der Waals surface area contributed by atoms with E-state index in [2.05, 4.69) is 68.3 Å². The van der Waals surface area contributed by atoms with Gasteiger partial charge < -0.3 is 4.74 Å². The number of amides is 1. The summed E-state index contributed by atoms with van der Waals surface area (Å²) in [5, 5.41) is 8.87. The molecule has 4 aromatic carbocycles. The van der Waals surface area contributed by atoms with Gasteiger partial charge in [-0.1, -0.05) is 86.5 Å². The molecule has 6 rings (SSSR count). The zero-order valence-electron chi connectivity index (χ0n) is 20.7. The smallest absolute Gasteiger partial charge is 0.281 e. The normalized spacial score (nSPS) is 19.9. The van der Waals surface area contributed by atoms with Gasteiger partial charge in [-0.15, -0.1) is 0 Å². The molecule has 4 nitrogen and oxygen atoms in total. The number of hydrazone groups is 1. The lowest BCUT2D eigenvalue weighted by Crippen LogP contribution is -2.34. The minimum absolute atomic E-state index is 0.0688. The van der Waals surface area contributed by atoms with Gasteiger partial charge in [0.2, 0.25) is 0 Å². The van der Waals surface area contributed by atoms with Crippen molar-refractivity contribution in [2.45, 2.75) is 25.3 Å². The van der Waals surface area contributed by atoms with Crippen molar-refractivity contribution in [3.05, 3.63) is 117 Å². The first-order valence-corrected chi connectivity index (χ1v) is 14.4. The number of fused-ring (bicyclic) bond motifs is 2. The summed E-state index contributed by atoms with van der Waals surface area (Å²) in [6.07, 6.45) is 5.23. The van der Waals surface area contributed by atoms with Gasteiger partial charge in [0.15, 0.2) is 6.61 Å². The van der Waals surface area contributed by atoms with Crippen LogP contribution in [0.2, 0.25) is 0 Å². The Bertz CT molecular complexity index is 1540. The Hall–Kier alpha value is -3.22. The van der Waals surface area contributed by atoms with Crippen LogP contribution in [0, 0.1) is 5.92 Å². The average molecular weight is 630 g/mol. The number of carbonyl (C=O) groups excluding carboxylic acids is 1. The van der Waals surface area contributed by atoms with Gasteiger partial charge in [0.05, 0.1) is 11.8 Å². The Kier molecular flexibility index (Phi) is 7.18. The van der Waals surface area contributed by atoms with E-state index in [1.165, 1.54) is 5.57 Å². The highest BCUT2D eigenvalue weighted by atomic mass is 79.9. The lowest BCUT2D eigenvalue weighted by molar-refractivity contribution is -0.135. The van der Waals surface area contributed by atoms with E-state index in [9.17, 15) is 4.79 Å². The zero-order chi connectivity index (χ0) is 26.1. The van der Waals surface area contributed by atoms with E-state index < -0.39 is 0 Å². The number of allylic oxidation sites excluding steroid dienone is 1. The molecule has 0 saturated heterocycles. The first-order valence-electron chi connectivity index (χ1n) is 12.8. The van der Waals surface area contributed by atoms with Gasteiger partial charge in [-0.25, -0.2) is 5.01 Å². The van der Waals surface area contributed by atoms with Gasteiger partial charge in [-0.2, -0.15) is 5.10 Å². The van der Waals surface area contributed by atoms with E-state index in [-0.39, 0.29) is 24.5 Å². The highest BCUT2D eigenvalue weighted by Crippen LogP contribution is 2.44. The van der Waals surface area contributed by atoms with Gasteiger partial charge in [-0.3, -0.25) is 4.79 Å². The van der Waals surface area contributed by atoms with E-state index in [0.717, 1.165) is 55.8 Å². The fourth-order valence-electron chi connectivity index (χ4n) is 5.43. The Labute approximate surface area is 239 Å². The van der Waals surface area contributed by atoms with Gasteiger partial charge in [0.25, 0.3) is 5.91 Å². The fraction of sp³-hybridized carbons (Fsp3) is 0.188. The predicted octanol–water partition coefficient (Wildman–Crippen LogP) is 8.57. The van der Waals surface area contributed by atoms with Crippen LogP contribution in [-0.2, 0) is 4.79 Å². The summed E-state index contributed by atoms with van der Waals surface area (Å²) in [4.78, 5) is 13.6. The molecule has 2 aliphatic rings. The largest absolute Gasteiger partial charge is 0.484 e. The Morgan fingerprint density at radius 1 is 0.921 bits per heavy atom. The van der Waals surface area contributed by atoms with E-state index in [0.29, 0.717) is 5.75 Å². The maximum atomic E-state index is 13.6. The Morgan fingerprint density at radius 3 is 2.39 bits per heavy atom. The first kappa shape index (κ1) is 25.1. The molecule has 1 fully saturated rings. The quantitative estimate of drug-likeness (QED) is 0.222. The summed E-state index contributed by atoms with van der Waals surface area (Å²) in [5.41, 5.74) is 4.44. The van der Waals surface area contributed by atoms with Crippen LogP contribution >= 0.6 is 31.9 Å². The van der Waals surface area contributed by atoms with Crippen molar-refractivity contribution in [2.24, 2.45) is 11.0 Å². The summed E-state index contributed by atoms with van der Waals surface area (Å²) < 4.78 is 8.06. The summed E-state index contributed by atoms with van der Waals surface area (Å²) in [5.74, 6) is 0.685. The molecule has 190 valence electrons. The van der Waals surface area contributed by atoms with Crippen LogP contribution in [0.3, 0.4) is 0 Å². The Morgan fingerprint density at radius 2 is 1.63 bits per heavy atom. The number of nitrogens with zero attached hydrogens (tertiary/aromatic N) is 2. The summed E-state index contributed by atoms with van der Waals surface area (Å²) in [6, 6.07) is 30.4. The van der Waals surface area contributed by atoms with Crippen molar-refractivity contribution in [3.8, 4) is 5.75 Å². The molecule has 0 spiro atoms. The number of halogens is 2. The third kappa shape index (κ3) is 5.20. The van der Waals surface area contributed by atoms with Gasteiger partial charge in [0.1, 0.15) is 5.75 Å². The standard InChI is InChI=1S/C32H26Br2N2O2/c33-26-13-8-21(9-14-26)18-25-6-3-7-29-31(25)35-36(32(29)23-10-15-27(34)16-11-23)30(37)20-38-28-17-12-22-4-1-2-5-24(22)19-28/h1-2,4-5,8-19,29,32H,3,6-7,20H2/b25-18-/t29-,32+/m1/s1. The highest BCUT2D eigenvalue weighted by Gasteiger charge is 2.43. The third-order valence-corrected chi connectivity index (χ3v) is 8.32. The van der Waals surface area contributed by atoms with Crippen molar-refractivity contribution in [1.29, 1.82) is 0 Å². The van der Waals surface area contributed by atoms with Gasteiger partial charge >= 0.3 is 0 Å². The molecular formula is C32H26Br2N2O2. The molecule has 2 atom stereocenters. The molecule has 0 radical (unpaired) electrons. The fourth-order valence-corrected chi connectivity index (χ4v) is 5.96. The number of hydrogen-bond donors (Lipinski definition) is 0. The van der Waals surface area contributed by atoms with Crippen LogP contribution in [0.4, 0.5) is 0 Å². The molecule has 0 bridgehead atoms. The van der Waals surface area contributed by atoms with Crippen LogP contribution in [0.5, 0.6) is 5.75 Å². The minimum atomic E-state index is -0.153. The van der Waals surface area contributed by atoms with Gasteiger partial charge in [0, 0.05) is 14.9 Å². The minimum Gasteiger partial charge on any atom is -0.484 e. The van der Waals surface area contributed by atoms with Crippen molar-refractivity contribution in [1.82, 2.24) is 5.01 Å². The topological polar surface area (TPSA) is 41.9 Å². The lowest BCUT2D eigenvalue weighted by atomic mass is 9.77. The molecule has 1 amide bonds. The second-order valence-electron chi connectivity index (χ2n) is 9.74. The van der Waals surface area contributed by atoms with Crippen LogP contribution in [0.15, 0.2) is 111 Å². The van der Waals surface area contributed by atoms with Crippen molar-refractivity contribution >= 4 is 60.3 Å². The summed E-state index contributed by atoms with van der Waals surface area (Å²) in [6.45, 7) is -0.0688. The third-order valence-electron chi connectivity index (χ3n) is 7.26. The molecule has 4 aromatic rings. The number of hydrogen-bond acceptors (Lipinski definition) is 3. The number of rotatable bonds is 5. The number of ether oxygens (including phenoxy) is 1. The summed E-state index contributed by atoms with van der Waals surface area (Å²) in [7, 11) is 0. The molecule has 6 heteroatoms. The molecule has 0 N–H and O–H groups in total. The van der Waals surface area contributed by atoms with Crippen molar-refractivity contribution < 1.29 is 9.53 Å². The maximum absolute atomic E-state index is 13.6. The molecule has 1 aliphatic carbocycles.